The molecule has 1 unspecified atom stereocenters. The summed E-state index contributed by atoms with van der Waals surface area (Å²) < 4.78 is 28.9. The number of amides is 1. The zero-order valence-electron chi connectivity index (χ0n) is 13.4. The molecule has 5 rings (SSSR count). The second-order valence-electron chi connectivity index (χ2n) is 6.58. The first kappa shape index (κ1) is 15.1. The number of aromatic nitrogens is 4. The van der Waals surface area contributed by atoms with Crippen molar-refractivity contribution in [2.45, 2.75) is 12.3 Å². The van der Waals surface area contributed by atoms with E-state index < -0.39 is 11.6 Å². The molecule has 1 N–H and O–H groups in total. The molecule has 0 bridgehead atoms. The van der Waals surface area contributed by atoms with Crippen LogP contribution in [0.2, 0.25) is 0 Å². The summed E-state index contributed by atoms with van der Waals surface area (Å²) in [4.78, 5) is 12.5. The van der Waals surface area contributed by atoms with Gasteiger partial charge in [0.1, 0.15) is 11.5 Å². The van der Waals surface area contributed by atoms with E-state index in [0.717, 1.165) is 23.7 Å². The fourth-order valence-corrected chi connectivity index (χ4v) is 3.94. The summed E-state index contributed by atoms with van der Waals surface area (Å²) in [5.74, 6) is -1.09. The minimum Gasteiger partial charge on any atom is -0.309 e. The monoisotopic (exact) mass is 353 g/mol. The van der Waals surface area contributed by atoms with Gasteiger partial charge in [-0.1, -0.05) is 0 Å². The zero-order valence-corrected chi connectivity index (χ0v) is 13.4. The molecule has 1 fully saturated rings. The molecule has 2 aliphatic carbocycles. The molecule has 26 heavy (non-hydrogen) atoms. The van der Waals surface area contributed by atoms with Crippen LogP contribution in [0.3, 0.4) is 0 Å². The molecule has 3 aromatic rings. The van der Waals surface area contributed by atoms with E-state index in [2.05, 4.69) is 20.6 Å². The average Bonchev–Trinajstić information content (AvgIpc) is 2.97. The van der Waals surface area contributed by atoms with Crippen LogP contribution in [0.4, 0.5) is 14.6 Å². The van der Waals surface area contributed by atoms with E-state index in [-0.39, 0.29) is 29.3 Å². The maximum Gasteiger partial charge on any atom is 0.229 e. The van der Waals surface area contributed by atoms with Crippen LogP contribution in [0, 0.1) is 23.5 Å². The molecule has 2 aliphatic rings. The van der Waals surface area contributed by atoms with E-state index in [1.807, 2.05) is 0 Å². The summed E-state index contributed by atoms with van der Waals surface area (Å²) in [6, 6.07) is 6.76. The van der Waals surface area contributed by atoms with Crippen molar-refractivity contribution in [3.8, 4) is 5.69 Å². The van der Waals surface area contributed by atoms with Gasteiger partial charge in [0.25, 0.3) is 0 Å². The SMILES string of the molecule is O=C(Nc1cccnn1)C1[C@@H]2Cc3cnn(-c4ccc(F)cc4F)c3[C@@H]12. The summed E-state index contributed by atoms with van der Waals surface area (Å²) in [6.45, 7) is 0. The van der Waals surface area contributed by atoms with Gasteiger partial charge in [-0.05, 0) is 42.2 Å². The van der Waals surface area contributed by atoms with Crippen LogP contribution in [0.5, 0.6) is 0 Å². The number of carbonyl (C=O) groups excluding carboxylic acids is 1. The van der Waals surface area contributed by atoms with Crippen LogP contribution in [0.25, 0.3) is 5.69 Å². The Labute approximate surface area is 146 Å². The number of hydrogen-bond donors (Lipinski definition) is 1. The summed E-state index contributed by atoms with van der Waals surface area (Å²) in [7, 11) is 0. The van der Waals surface area contributed by atoms with Gasteiger partial charge in [0, 0.05) is 18.2 Å². The third-order valence-corrected chi connectivity index (χ3v) is 5.09. The first-order valence-corrected chi connectivity index (χ1v) is 8.24. The highest BCUT2D eigenvalue weighted by atomic mass is 19.1. The predicted molar refractivity (Wildman–Crippen MR) is 87.6 cm³/mol. The van der Waals surface area contributed by atoms with E-state index in [1.165, 1.54) is 23.0 Å². The van der Waals surface area contributed by atoms with Crippen LogP contribution >= 0.6 is 0 Å². The fourth-order valence-electron chi connectivity index (χ4n) is 3.94. The van der Waals surface area contributed by atoms with Crippen molar-refractivity contribution in [3.63, 3.8) is 0 Å². The minimum atomic E-state index is -0.680. The molecule has 0 saturated heterocycles. The Balaban J connectivity index is 1.43. The molecular weight excluding hydrogens is 340 g/mol. The molecule has 0 spiro atoms. The summed E-state index contributed by atoms with van der Waals surface area (Å²) in [6.07, 6.45) is 3.95. The number of nitrogens with zero attached hydrogens (tertiary/aromatic N) is 4. The lowest BCUT2D eigenvalue weighted by Crippen LogP contribution is -2.18. The summed E-state index contributed by atoms with van der Waals surface area (Å²) in [5.41, 5.74) is 2.03. The standard InChI is InChI=1S/C18H13F2N5O/c19-10-3-4-13(12(20)7-10)25-17-9(8-22-25)6-11-15(17)16(11)18(26)23-14-2-1-5-21-24-14/h1-5,7-8,11,15-16H,6H2,(H,23,24,26)/t11-,15-,16?/m1/s1. The highest BCUT2D eigenvalue weighted by Gasteiger charge is 2.61. The van der Waals surface area contributed by atoms with Gasteiger partial charge in [-0.25, -0.2) is 13.5 Å². The van der Waals surface area contributed by atoms with Crippen LogP contribution in [0.1, 0.15) is 17.2 Å². The van der Waals surface area contributed by atoms with Gasteiger partial charge in [0.15, 0.2) is 11.6 Å². The van der Waals surface area contributed by atoms with Crippen molar-refractivity contribution in [2.24, 2.45) is 11.8 Å². The molecule has 2 heterocycles. The van der Waals surface area contributed by atoms with Gasteiger partial charge >= 0.3 is 0 Å². The molecule has 1 saturated carbocycles. The van der Waals surface area contributed by atoms with Crippen molar-refractivity contribution in [1.29, 1.82) is 0 Å². The lowest BCUT2D eigenvalue weighted by Gasteiger charge is -2.10. The maximum absolute atomic E-state index is 14.2. The number of fused-ring (bicyclic) bond motifs is 3. The second-order valence-corrected chi connectivity index (χ2v) is 6.58. The quantitative estimate of drug-likeness (QED) is 0.785. The fraction of sp³-hybridized carbons (Fsp3) is 0.222. The Morgan fingerprint density at radius 2 is 2.15 bits per heavy atom. The molecular formula is C18H13F2N5O. The van der Waals surface area contributed by atoms with E-state index in [9.17, 15) is 13.6 Å². The van der Waals surface area contributed by atoms with E-state index in [1.54, 1.807) is 18.3 Å². The molecule has 2 aromatic heterocycles. The number of rotatable bonds is 3. The minimum absolute atomic E-state index is 0.0198. The smallest absolute Gasteiger partial charge is 0.229 e. The number of nitrogens with one attached hydrogen (secondary N) is 1. The lowest BCUT2D eigenvalue weighted by atomic mass is 10.1. The highest BCUT2D eigenvalue weighted by molar-refractivity contribution is 5.95. The van der Waals surface area contributed by atoms with Gasteiger partial charge < -0.3 is 5.32 Å². The zero-order chi connectivity index (χ0) is 17.8. The molecule has 0 aliphatic heterocycles. The van der Waals surface area contributed by atoms with Crippen molar-refractivity contribution >= 4 is 11.7 Å². The van der Waals surface area contributed by atoms with Crippen molar-refractivity contribution in [3.05, 3.63) is 65.6 Å². The molecule has 1 amide bonds. The number of benzene rings is 1. The molecule has 8 heteroatoms. The van der Waals surface area contributed by atoms with Crippen molar-refractivity contribution in [1.82, 2.24) is 20.0 Å². The van der Waals surface area contributed by atoms with E-state index >= 15 is 0 Å². The Bertz CT molecular complexity index is 1020. The second kappa shape index (κ2) is 5.42. The van der Waals surface area contributed by atoms with Crippen LogP contribution in [-0.2, 0) is 11.2 Å². The number of halogens is 2. The van der Waals surface area contributed by atoms with Crippen molar-refractivity contribution in [2.75, 3.05) is 5.32 Å². The highest BCUT2D eigenvalue weighted by Crippen LogP contribution is 2.61. The van der Waals surface area contributed by atoms with E-state index in [4.69, 9.17) is 0 Å². The van der Waals surface area contributed by atoms with Crippen LogP contribution in [0.15, 0.2) is 42.7 Å². The van der Waals surface area contributed by atoms with Gasteiger partial charge in [-0.2, -0.15) is 10.2 Å². The average molecular weight is 353 g/mol. The molecule has 0 radical (unpaired) electrons. The normalized spacial score (nSPS) is 22.6. The summed E-state index contributed by atoms with van der Waals surface area (Å²) >= 11 is 0. The predicted octanol–water partition coefficient (Wildman–Crippen LogP) is 2.46. The third-order valence-electron chi connectivity index (χ3n) is 5.09. The van der Waals surface area contributed by atoms with Crippen LogP contribution in [-0.4, -0.2) is 25.9 Å². The lowest BCUT2D eigenvalue weighted by molar-refractivity contribution is -0.117. The first-order chi connectivity index (χ1) is 12.6. The van der Waals surface area contributed by atoms with Crippen molar-refractivity contribution < 1.29 is 13.6 Å². The first-order valence-electron chi connectivity index (χ1n) is 8.24. The number of carbonyl (C=O) groups is 1. The molecule has 1 aromatic carbocycles. The van der Waals surface area contributed by atoms with Gasteiger partial charge in [0.05, 0.1) is 17.8 Å². The van der Waals surface area contributed by atoms with E-state index in [0.29, 0.717) is 5.82 Å². The maximum atomic E-state index is 14.2. The van der Waals surface area contributed by atoms with Gasteiger partial charge in [-0.15, -0.1) is 5.10 Å². The molecule has 6 nitrogen and oxygen atoms in total. The Morgan fingerprint density at radius 3 is 2.92 bits per heavy atom. The van der Waals surface area contributed by atoms with Crippen LogP contribution < -0.4 is 5.32 Å². The Hall–Kier alpha value is -3.16. The molecule has 130 valence electrons. The van der Waals surface area contributed by atoms with Gasteiger partial charge in [-0.3, -0.25) is 4.79 Å². The van der Waals surface area contributed by atoms with Gasteiger partial charge in [0.2, 0.25) is 5.91 Å². The Kier molecular flexibility index (Phi) is 3.15. The third kappa shape index (κ3) is 2.22. The summed E-state index contributed by atoms with van der Waals surface area (Å²) in [5, 5.41) is 14.6. The number of hydrogen-bond acceptors (Lipinski definition) is 4. The number of anilines is 1. The largest absolute Gasteiger partial charge is 0.309 e. The topological polar surface area (TPSA) is 72.7 Å². The Morgan fingerprint density at radius 1 is 1.27 bits per heavy atom. The molecule has 3 atom stereocenters.